The lowest BCUT2D eigenvalue weighted by atomic mass is 9.95. The topological polar surface area (TPSA) is 45.2 Å². The second-order valence-electron chi connectivity index (χ2n) is 5.30. The number of hydrogen-bond acceptors (Lipinski definition) is 3. The SMILES string of the molecule is CCN(CC)C(=O)c1cc(NC(C)(CC)CC)ccn1. The monoisotopic (exact) mass is 277 g/mol. The summed E-state index contributed by atoms with van der Waals surface area (Å²) in [6, 6.07) is 3.77. The van der Waals surface area contributed by atoms with E-state index >= 15 is 0 Å². The van der Waals surface area contributed by atoms with Crippen molar-refractivity contribution in [3.05, 3.63) is 24.0 Å². The van der Waals surface area contributed by atoms with Crippen LogP contribution >= 0.6 is 0 Å². The van der Waals surface area contributed by atoms with Gasteiger partial charge in [0.05, 0.1) is 0 Å². The zero-order chi connectivity index (χ0) is 15.2. The fourth-order valence-electron chi connectivity index (χ4n) is 2.07. The molecule has 1 aromatic rings. The van der Waals surface area contributed by atoms with Crippen LogP contribution in [0.1, 0.15) is 57.9 Å². The van der Waals surface area contributed by atoms with Crippen LogP contribution in [0, 0.1) is 0 Å². The van der Waals surface area contributed by atoms with Gasteiger partial charge in [0.2, 0.25) is 0 Å². The molecule has 20 heavy (non-hydrogen) atoms. The number of aromatic nitrogens is 1. The van der Waals surface area contributed by atoms with Gasteiger partial charge < -0.3 is 10.2 Å². The second-order valence-corrected chi connectivity index (χ2v) is 5.30. The molecule has 1 amide bonds. The van der Waals surface area contributed by atoms with Crippen LogP contribution in [0.25, 0.3) is 0 Å². The summed E-state index contributed by atoms with van der Waals surface area (Å²) in [5, 5.41) is 3.51. The summed E-state index contributed by atoms with van der Waals surface area (Å²) in [6.07, 6.45) is 3.76. The van der Waals surface area contributed by atoms with E-state index in [0.29, 0.717) is 18.8 Å². The minimum Gasteiger partial charge on any atom is -0.380 e. The molecule has 0 saturated heterocycles. The molecule has 1 N–H and O–H groups in total. The highest BCUT2D eigenvalue weighted by atomic mass is 16.2. The molecule has 1 aromatic heterocycles. The summed E-state index contributed by atoms with van der Waals surface area (Å²) >= 11 is 0. The van der Waals surface area contributed by atoms with Crippen molar-refractivity contribution in [1.82, 2.24) is 9.88 Å². The summed E-state index contributed by atoms with van der Waals surface area (Å²) in [5.74, 6) is -0.00616. The molecule has 4 heteroatoms. The van der Waals surface area contributed by atoms with Gasteiger partial charge in [-0.25, -0.2) is 0 Å². The molecule has 1 rings (SSSR count). The van der Waals surface area contributed by atoms with Crippen LogP contribution in [0.5, 0.6) is 0 Å². The highest BCUT2D eigenvalue weighted by Gasteiger charge is 2.20. The second kappa shape index (κ2) is 7.27. The van der Waals surface area contributed by atoms with E-state index in [0.717, 1.165) is 18.5 Å². The first kappa shape index (κ1) is 16.5. The van der Waals surface area contributed by atoms with Gasteiger partial charge in [-0.15, -0.1) is 0 Å². The predicted octanol–water partition coefficient (Wildman–Crippen LogP) is 3.55. The summed E-state index contributed by atoms with van der Waals surface area (Å²) in [4.78, 5) is 18.3. The summed E-state index contributed by atoms with van der Waals surface area (Å²) < 4.78 is 0. The Kier molecular flexibility index (Phi) is 5.99. The van der Waals surface area contributed by atoms with Gasteiger partial charge in [0.15, 0.2) is 0 Å². The minimum atomic E-state index is -0.00616. The van der Waals surface area contributed by atoms with E-state index in [1.807, 2.05) is 26.0 Å². The summed E-state index contributed by atoms with van der Waals surface area (Å²) in [5.41, 5.74) is 1.52. The molecule has 0 saturated carbocycles. The van der Waals surface area contributed by atoms with Gasteiger partial charge in [-0.05, 0) is 45.7 Å². The minimum absolute atomic E-state index is 0.00616. The number of amides is 1. The van der Waals surface area contributed by atoms with Gasteiger partial charge in [0, 0.05) is 30.5 Å². The molecule has 0 aliphatic rings. The molecule has 0 radical (unpaired) electrons. The Labute approximate surface area is 122 Å². The summed E-state index contributed by atoms with van der Waals surface area (Å²) in [7, 11) is 0. The van der Waals surface area contributed by atoms with Gasteiger partial charge >= 0.3 is 0 Å². The molecule has 4 nitrogen and oxygen atoms in total. The van der Waals surface area contributed by atoms with Gasteiger partial charge in [-0.2, -0.15) is 0 Å². The predicted molar refractivity (Wildman–Crippen MR) is 84.1 cm³/mol. The van der Waals surface area contributed by atoms with Crippen molar-refractivity contribution in [2.24, 2.45) is 0 Å². The Morgan fingerprint density at radius 1 is 1.25 bits per heavy atom. The lowest BCUT2D eigenvalue weighted by Gasteiger charge is -2.29. The molecule has 0 unspecified atom stereocenters. The third-order valence-electron chi connectivity index (χ3n) is 4.04. The average Bonchev–Trinajstić information content (AvgIpc) is 2.48. The maximum Gasteiger partial charge on any atom is 0.272 e. The number of carbonyl (C=O) groups excluding carboxylic acids is 1. The van der Waals surface area contributed by atoms with Crippen molar-refractivity contribution in [2.45, 2.75) is 53.0 Å². The zero-order valence-electron chi connectivity index (χ0n) is 13.4. The van der Waals surface area contributed by atoms with E-state index in [4.69, 9.17) is 0 Å². The van der Waals surface area contributed by atoms with E-state index in [-0.39, 0.29) is 11.4 Å². The molecule has 0 aliphatic carbocycles. The van der Waals surface area contributed by atoms with E-state index in [2.05, 4.69) is 31.1 Å². The quantitative estimate of drug-likeness (QED) is 0.829. The molecule has 0 aromatic carbocycles. The Morgan fingerprint density at radius 2 is 1.85 bits per heavy atom. The lowest BCUT2D eigenvalue weighted by molar-refractivity contribution is 0.0767. The Balaban J connectivity index is 2.93. The van der Waals surface area contributed by atoms with Gasteiger partial charge in [0.1, 0.15) is 5.69 Å². The van der Waals surface area contributed by atoms with Crippen LogP contribution in [0.15, 0.2) is 18.3 Å². The number of anilines is 1. The maximum absolute atomic E-state index is 12.3. The molecule has 112 valence electrons. The highest BCUT2D eigenvalue weighted by molar-refractivity contribution is 5.93. The van der Waals surface area contributed by atoms with Crippen LogP contribution in [0.4, 0.5) is 5.69 Å². The van der Waals surface area contributed by atoms with Crippen LogP contribution in [0.2, 0.25) is 0 Å². The van der Waals surface area contributed by atoms with Crippen molar-refractivity contribution < 1.29 is 4.79 Å². The van der Waals surface area contributed by atoms with E-state index in [1.54, 1.807) is 11.1 Å². The molecular formula is C16H27N3O. The van der Waals surface area contributed by atoms with Crippen LogP contribution in [-0.4, -0.2) is 34.4 Å². The van der Waals surface area contributed by atoms with Crippen LogP contribution in [-0.2, 0) is 0 Å². The van der Waals surface area contributed by atoms with Gasteiger partial charge in [-0.1, -0.05) is 13.8 Å². The molecule has 0 aliphatic heterocycles. The van der Waals surface area contributed by atoms with E-state index < -0.39 is 0 Å². The zero-order valence-corrected chi connectivity index (χ0v) is 13.4. The van der Waals surface area contributed by atoms with Crippen molar-refractivity contribution in [2.75, 3.05) is 18.4 Å². The largest absolute Gasteiger partial charge is 0.380 e. The smallest absolute Gasteiger partial charge is 0.272 e. The number of carbonyl (C=O) groups is 1. The van der Waals surface area contributed by atoms with Gasteiger partial charge in [0.25, 0.3) is 5.91 Å². The average molecular weight is 277 g/mol. The van der Waals surface area contributed by atoms with E-state index in [1.165, 1.54) is 0 Å². The first-order valence-corrected chi connectivity index (χ1v) is 7.53. The summed E-state index contributed by atoms with van der Waals surface area (Å²) in [6.45, 7) is 11.9. The molecule has 1 heterocycles. The number of nitrogens with one attached hydrogen (secondary N) is 1. The fourth-order valence-corrected chi connectivity index (χ4v) is 2.07. The third-order valence-corrected chi connectivity index (χ3v) is 4.04. The molecule has 0 spiro atoms. The Bertz CT molecular complexity index is 437. The third kappa shape index (κ3) is 3.95. The number of rotatable bonds is 7. The molecule has 0 fully saturated rings. The number of hydrogen-bond donors (Lipinski definition) is 1. The van der Waals surface area contributed by atoms with Crippen molar-refractivity contribution in [3.63, 3.8) is 0 Å². The van der Waals surface area contributed by atoms with Crippen molar-refractivity contribution in [1.29, 1.82) is 0 Å². The van der Waals surface area contributed by atoms with Crippen LogP contribution in [0.3, 0.4) is 0 Å². The maximum atomic E-state index is 12.3. The van der Waals surface area contributed by atoms with Crippen molar-refractivity contribution in [3.8, 4) is 0 Å². The molecule has 0 atom stereocenters. The standard InChI is InChI=1S/C16H27N3O/c1-6-16(5,7-2)18-13-10-11-17-14(12-13)15(20)19(8-3)9-4/h10-12H,6-9H2,1-5H3,(H,17,18). The van der Waals surface area contributed by atoms with Gasteiger partial charge in [-0.3, -0.25) is 9.78 Å². The van der Waals surface area contributed by atoms with Crippen molar-refractivity contribution >= 4 is 11.6 Å². The molecule has 0 bridgehead atoms. The number of pyridine rings is 1. The Morgan fingerprint density at radius 3 is 2.35 bits per heavy atom. The van der Waals surface area contributed by atoms with E-state index in [9.17, 15) is 4.79 Å². The Hall–Kier alpha value is -1.58. The fraction of sp³-hybridized carbons (Fsp3) is 0.625. The first-order chi connectivity index (χ1) is 9.49. The molecular weight excluding hydrogens is 250 g/mol. The lowest BCUT2D eigenvalue weighted by Crippen LogP contribution is -2.33. The number of nitrogens with zero attached hydrogens (tertiary/aromatic N) is 2. The first-order valence-electron chi connectivity index (χ1n) is 7.53. The normalized spacial score (nSPS) is 11.2. The highest BCUT2D eigenvalue weighted by Crippen LogP contribution is 2.22. The van der Waals surface area contributed by atoms with Crippen LogP contribution < -0.4 is 5.32 Å².